The van der Waals surface area contributed by atoms with Crippen molar-refractivity contribution in [3.8, 4) is 17.4 Å². The first-order chi connectivity index (χ1) is 13.3. The second-order valence-corrected chi connectivity index (χ2v) is 7.15. The Labute approximate surface area is 168 Å². The molecule has 0 fully saturated rings. The summed E-state index contributed by atoms with van der Waals surface area (Å²) in [5.74, 6) is 2.00. The Morgan fingerprint density at radius 3 is 2.18 bits per heavy atom. The monoisotopic (exact) mass is 384 g/mol. The minimum atomic E-state index is -0.0778. The van der Waals surface area contributed by atoms with Gasteiger partial charge in [-0.2, -0.15) is 0 Å². The average molecular weight is 385 g/mol. The summed E-state index contributed by atoms with van der Waals surface area (Å²) >= 11 is 0. The lowest BCUT2D eigenvalue weighted by molar-refractivity contribution is 0.0955. The standard InChI is InChI=1S/C23H32N2O3/c1-8-19(9-2)27-20-13-16(6)25-23(17(20)7)28-21-14(4)11-18(12-15(21)5)22(26)24-10-3/h11-13,19H,8-10H2,1-7H3,(H,24,26). The van der Waals surface area contributed by atoms with Crippen LogP contribution < -0.4 is 14.8 Å². The lowest BCUT2D eigenvalue weighted by atomic mass is 10.0. The fraction of sp³-hybridized carbons (Fsp3) is 0.478. The summed E-state index contributed by atoms with van der Waals surface area (Å²) in [5, 5.41) is 2.83. The predicted octanol–water partition coefficient (Wildman–Crippen LogP) is 5.42. The Morgan fingerprint density at radius 2 is 1.64 bits per heavy atom. The number of carbonyl (C=O) groups is 1. The number of hydrogen-bond donors (Lipinski definition) is 1. The molecule has 1 heterocycles. The van der Waals surface area contributed by atoms with Crippen LogP contribution in [-0.4, -0.2) is 23.5 Å². The Morgan fingerprint density at radius 1 is 1.04 bits per heavy atom. The van der Waals surface area contributed by atoms with Crippen molar-refractivity contribution in [1.82, 2.24) is 10.3 Å². The molecule has 2 aromatic rings. The summed E-state index contributed by atoms with van der Waals surface area (Å²) in [6, 6.07) is 5.65. The number of carbonyl (C=O) groups excluding carboxylic acids is 1. The number of amides is 1. The number of aryl methyl sites for hydroxylation is 3. The maximum absolute atomic E-state index is 12.1. The van der Waals surface area contributed by atoms with Gasteiger partial charge in [-0.25, -0.2) is 4.98 Å². The Balaban J connectivity index is 2.37. The highest BCUT2D eigenvalue weighted by Crippen LogP contribution is 2.34. The molecule has 0 spiro atoms. The summed E-state index contributed by atoms with van der Waals surface area (Å²) in [5.41, 5.74) is 4.15. The van der Waals surface area contributed by atoms with Gasteiger partial charge < -0.3 is 14.8 Å². The third-order valence-corrected chi connectivity index (χ3v) is 4.77. The van der Waals surface area contributed by atoms with Crippen molar-refractivity contribution in [2.45, 2.75) is 67.4 Å². The zero-order chi connectivity index (χ0) is 20.8. The van der Waals surface area contributed by atoms with E-state index in [0.29, 0.717) is 18.0 Å². The van der Waals surface area contributed by atoms with Gasteiger partial charge in [0.15, 0.2) is 0 Å². The minimum Gasteiger partial charge on any atom is -0.490 e. The van der Waals surface area contributed by atoms with Crippen LogP contribution in [0.25, 0.3) is 0 Å². The molecule has 0 aliphatic heterocycles. The summed E-state index contributed by atoms with van der Waals surface area (Å²) in [7, 11) is 0. The fourth-order valence-electron chi connectivity index (χ4n) is 3.14. The van der Waals surface area contributed by atoms with Crippen LogP contribution in [0.1, 0.15) is 66.4 Å². The number of rotatable bonds is 8. The second-order valence-electron chi connectivity index (χ2n) is 7.15. The molecule has 0 saturated carbocycles. The molecular formula is C23H32N2O3. The molecule has 1 aromatic carbocycles. The van der Waals surface area contributed by atoms with E-state index in [2.05, 4.69) is 24.1 Å². The van der Waals surface area contributed by atoms with Crippen molar-refractivity contribution in [3.05, 3.63) is 46.1 Å². The van der Waals surface area contributed by atoms with E-state index in [1.165, 1.54) is 0 Å². The number of nitrogens with one attached hydrogen (secondary N) is 1. The van der Waals surface area contributed by atoms with Crippen molar-refractivity contribution in [2.75, 3.05) is 6.54 Å². The quantitative estimate of drug-likeness (QED) is 0.660. The van der Waals surface area contributed by atoms with Gasteiger partial charge in [0.25, 0.3) is 5.91 Å². The van der Waals surface area contributed by atoms with Crippen LogP contribution in [0, 0.1) is 27.7 Å². The van der Waals surface area contributed by atoms with Gasteiger partial charge in [0.1, 0.15) is 11.5 Å². The third kappa shape index (κ3) is 5.03. The summed E-state index contributed by atoms with van der Waals surface area (Å²) in [6.45, 7) is 14.5. The van der Waals surface area contributed by atoms with Crippen LogP contribution in [0.15, 0.2) is 18.2 Å². The maximum atomic E-state index is 12.1. The average Bonchev–Trinajstić information content (AvgIpc) is 2.65. The van der Waals surface area contributed by atoms with Crippen molar-refractivity contribution in [1.29, 1.82) is 0 Å². The lowest BCUT2D eigenvalue weighted by Crippen LogP contribution is -2.22. The maximum Gasteiger partial charge on any atom is 0.251 e. The van der Waals surface area contributed by atoms with E-state index in [9.17, 15) is 4.79 Å². The van der Waals surface area contributed by atoms with E-state index in [4.69, 9.17) is 9.47 Å². The third-order valence-electron chi connectivity index (χ3n) is 4.77. The molecule has 0 aliphatic carbocycles. The molecule has 0 atom stereocenters. The number of hydrogen-bond acceptors (Lipinski definition) is 4. The van der Waals surface area contributed by atoms with Crippen molar-refractivity contribution < 1.29 is 14.3 Å². The molecule has 0 radical (unpaired) electrons. The lowest BCUT2D eigenvalue weighted by Gasteiger charge is -2.20. The smallest absolute Gasteiger partial charge is 0.251 e. The number of nitrogens with zero attached hydrogens (tertiary/aromatic N) is 1. The van der Waals surface area contributed by atoms with Gasteiger partial charge in [-0.3, -0.25) is 4.79 Å². The highest BCUT2D eigenvalue weighted by atomic mass is 16.5. The first-order valence-corrected chi connectivity index (χ1v) is 10.0. The van der Waals surface area contributed by atoms with E-state index in [1.54, 1.807) is 0 Å². The molecule has 1 N–H and O–H groups in total. The Bertz CT molecular complexity index is 819. The zero-order valence-corrected chi connectivity index (χ0v) is 18.1. The Hall–Kier alpha value is -2.56. The van der Waals surface area contributed by atoms with Crippen molar-refractivity contribution >= 4 is 5.91 Å². The van der Waals surface area contributed by atoms with Gasteiger partial charge in [0.2, 0.25) is 5.88 Å². The molecule has 5 nitrogen and oxygen atoms in total. The first-order valence-electron chi connectivity index (χ1n) is 10.0. The topological polar surface area (TPSA) is 60.5 Å². The van der Waals surface area contributed by atoms with Gasteiger partial charge in [-0.15, -0.1) is 0 Å². The molecule has 0 aliphatic rings. The highest BCUT2D eigenvalue weighted by molar-refractivity contribution is 5.94. The van der Waals surface area contributed by atoms with E-state index < -0.39 is 0 Å². The van der Waals surface area contributed by atoms with Crippen LogP contribution in [0.5, 0.6) is 17.4 Å². The largest absolute Gasteiger partial charge is 0.490 e. The van der Waals surface area contributed by atoms with Crippen LogP contribution >= 0.6 is 0 Å². The van der Waals surface area contributed by atoms with Gasteiger partial charge in [-0.1, -0.05) is 13.8 Å². The van der Waals surface area contributed by atoms with E-state index in [-0.39, 0.29) is 12.0 Å². The SMILES string of the molecule is CCNC(=O)c1cc(C)c(Oc2nc(C)cc(OC(CC)CC)c2C)c(C)c1. The van der Waals surface area contributed by atoms with E-state index in [1.807, 2.05) is 52.8 Å². The number of aromatic nitrogens is 1. The van der Waals surface area contributed by atoms with Crippen LogP contribution in [0.3, 0.4) is 0 Å². The normalized spacial score (nSPS) is 10.9. The molecule has 1 aromatic heterocycles. The predicted molar refractivity (Wildman–Crippen MR) is 113 cm³/mol. The molecule has 28 heavy (non-hydrogen) atoms. The van der Waals surface area contributed by atoms with E-state index in [0.717, 1.165) is 46.7 Å². The molecule has 0 bridgehead atoms. The first kappa shape index (κ1) is 21.7. The zero-order valence-electron chi connectivity index (χ0n) is 18.1. The van der Waals surface area contributed by atoms with Gasteiger partial charge >= 0.3 is 0 Å². The fourth-order valence-corrected chi connectivity index (χ4v) is 3.14. The Kier molecular flexibility index (Phi) is 7.44. The molecule has 2 rings (SSSR count). The molecule has 1 amide bonds. The van der Waals surface area contributed by atoms with Crippen LogP contribution in [0.2, 0.25) is 0 Å². The summed E-state index contributed by atoms with van der Waals surface area (Å²) in [4.78, 5) is 16.7. The summed E-state index contributed by atoms with van der Waals surface area (Å²) in [6.07, 6.45) is 2.08. The number of benzene rings is 1. The minimum absolute atomic E-state index is 0.0778. The molecule has 152 valence electrons. The van der Waals surface area contributed by atoms with E-state index >= 15 is 0 Å². The molecule has 0 unspecified atom stereocenters. The highest BCUT2D eigenvalue weighted by Gasteiger charge is 2.17. The van der Waals surface area contributed by atoms with Gasteiger partial charge in [0, 0.05) is 23.9 Å². The number of ether oxygens (including phenoxy) is 2. The summed E-state index contributed by atoms with van der Waals surface area (Å²) < 4.78 is 12.4. The van der Waals surface area contributed by atoms with Gasteiger partial charge in [0.05, 0.1) is 11.7 Å². The second kappa shape index (κ2) is 9.58. The molecule has 5 heteroatoms. The van der Waals surface area contributed by atoms with Crippen molar-refractivity contribution in [2.24, 2.45) is 0 Å². The number of pyridine rings is 1. The van der Waals surface area contributed by atoms with Crippen LogP contribution in [-0.2, 0) is 0 Å². The van der Waals surface area contributed by atoms with Gasteiger partial charge in [-0.05, 0) is 70.7 Å². The molecular weight excluding hydrogens is 352 g/mol. The van der Waals surface area contributed by atoms with Crippen LogP contribution in [0.4, 0.5) is 0 Å². The van der Waals surface area contributed by atoms with Crippen molar-refractivity contribution in [3.63, 3.8) is 0 Å². The molecule has 0 saturated heterocycles.